The van der Waals surface area contributed by atoms with Gasteiger partial charge in [0.05, 0.1) is 25.5 Å². The Labute approximate surface area is 165 Å². The molecule has 3 rings (SSSR count). The highest BCUT2D eigenvalue weighted by Gasteiger charge is 2.22. The molecule has 1 fully saturated rings. The van der Waals surface area contributed by atoms with E-state index in [1.807, 2.05) is 17.9 Å². The third-order valence-corrected chi connectivity index (χ3v) is 5.06. The summed E-state index contributed by atoms with van der Waals surface area (Å²) in [6.45, 7) is 3.38. The van der Waals surface area contributed by atoms with Gasteiger partial charge in [0.15, 0.2) is 0 Å². The lowest BCUT2D eigenvalue weighted by Crippen LogP contribution is -2.36. The fraction of sp³-hybridized carbons (Fsp3) is 0.364. The lowest BCUT2D eigenvalue weighted by Gasteiger charge is -2.27. The minimum Gasteiger partial charge on any atom is -0.496 e. The van der Waals surface area contributed by atoms with E-state index in [4.69, 9.17) is 9.47 Å². The van der Waals surface area contributed by atoms with Gasteiger partial charge in [-0.25, -0.2) is 0 Å². The molecule has 6 heteroatoms. The third-order valence-electron chi connectivity index (χ3n) is 5.06. The number of amides is 2. The maximum absolute atomic E-state index is 12.9. The minimum absolute atomic E-state index is 0.0466. The van der Waals surface area contributed by atoms with E-state index in [1.165, 1.54) is 0 Å². The summed E-state index contributed by atoms with van der Waals surface area (Å²) in [6.07, 6.45) is 3.19. The van der Waals surface area contributed by atoms with Gasteiger partial charge in [0.1, 0.15) is 11.5 Å². The minimum atomic E-state index is -0.324. The van der Waals surface area contributed by atoms with Gasteiger partial charge in [-0.2, -0.15) is 0 Å². The molecule has 2 aromatic rings. The van der Waals surface area contributed by atoms with Crippen molar-refractivity contribution in [2.45, 2.75) is 26.2 Å². The molecule has 6 nitrogen and oxygen atoms in total. The van der Waals surface area contributed by atoms with Gasteiger partial charge in [-0.15, -0.1) is 0 Å². The standard InChI is InChI=1S/C22H26N2O4/c1-15-19(27-2)13-16(14-20(15)28-3)21(25)23-18-10-6-5-9-17(18)22(26)24-11-7-4-8-12-24/h5-6,9-10,13-14H,4,7-8,11-12H2,1-3H3,(H,23,25). The SMILES string of the molecule is COc1cc(C(=O)Nc2ccccc2C(=O)N2CCCCC2)cc(OC)c1C. The van der Waals surface area contributed by atoms with Crippen molar-refractivity contribution in [1.29, 1.82) is 0 Å². The van der Waals surface area contributed by atoms with E-state index in [0.717, 1.165) is 37.9 Å². The monoisotopic (exact) mass is 382 g/mol. The molecule has 0 aromatic heterocycles. The summed E-state index contributed by atoms with van der Waals surface area (Å²) in [5.74, 6) is 0.773. The van der Waals surface area contributed by atoms with Crippen LogP contribution in [0.1, 0.15) is 45.5 Å². The number of carbonyl (C=O) groups excluding carboxylic acids is 2. The molecule has 0 spiro atoms. The lowest BCUT2D eigenvalue weighted by molar-refractivity contribution is 0.0725. The molecule has 0 bridgehead atoms. The van der Waals surface area contributed by atoms with Crippen LogP contribution in [0.3, 0.4) is 0 Å². The van der Waals surface area contributed by atoms with Crippen LogP contribution in [0.25, 0.3) is 0 Å². The number of methoxy groups -OCH3 is 2. The highest BCUT2D eigenvalue weighted by Crippen LogP contribution is 2.30. The molecule has 0 atom stereocenters. The first-order valence-electron chi connectivity index (χ1n) is 9.47. The van der Waals surface area contributed by atoms with Crippen LogP contribution in [0, 0.1) is 6.92 Å². The largest absolute Gasteiger partial charge is 0.496 e. The number of carbonyl (C=O) groups is 2. The Morgan fingerprint density at radius 3 is 2.18 bits per heavy atom. The Kier molecular flexibility index (Phi) is 6.19. The molecule has 1 saturated heterocycles. The molecule has 2 aromatic carbocycles. The summed E-state index contributed by atoms with van der Waals surface area (Å²) in [5, 5.41) is 2.87. The zero-order chi connectivity index (χ0) is 20.1. The van der Waals surface area contributed by atoms with Crippen LogP contribution in [-0.2, 0) is 0 Å². The number of hydrogen-bond acceptors (Lipinski definition) is 4. The van der Waals surface area contributed by atoms with E-state index in [0.29, 0.717) is 28.3 Å². The van der Waals surface area contributed by atoms with Gasteiger partial charge >= 0.3 is 0 Å². The van der Waals surface area contributed by atoms with E-state index in [-0.39, 0.29) is 11.8 Å². The number of anilines is 1. The van der Waals surface area contributed by atoms with Crippen LogP contribution in [-0.4, -0.2) is 44.0 Å². The Bertz CT molecular complexity index is 848. The molecule has 148 valence electrons. The van der Waals surface area contributed by atoms with Crippen molar-refractivity contribution in [2.75, 3.05) is 32.6 Å². The van der Waals surface area contributed by atoms with Crippen LogP contribution in [0.4, 0.5) is 5.69 Å². The van der Waals surface area contributed by atoms with Gasteiger partial charge in [-0.05, 0) is 50.5 Å². The zero-order valence-corrected chi connectivity index (χ0v) is 16.6. The molecule has 1 heterocycles. The average Bonchev–Trinajstić information content (AvgIpc) is 2.74. The highest BCUT2D eigenvalue weighted by atomic mass is 16.5. The molecule has 2 amide bonds. The normalized spacial score (nSPS) is 13.8. The van der Waals surface area contributed by atoms with E-state index < -0.39 is 0 Å². The predicted octanol–water partition coefficient (Wildman–Crippen LogP) is 3.89. The van der Waals surface area contributed by atoms with Crippen molar-refractivity contribution >= 4 is 17.5 Å². The number of nitrogens with zero attached hydrogens (tertiary/aromatic N) is 1. The van der Waals surface area contributed by atoms with Crippen molar-refractivity contribution in [3.05, 3.63) is 53.1 Å². The number of para-hydroxylation sites is 1. The molecular weight excluding hydrogens is 356 g/mol. The van der Waals surface area contributed by atoms with Gasteiger partial charge in [-0.3, -0.25) is 9.59 Å². The fourth-order valence-corrected chi connectivity index (χ4v) is 3.46. The van der Waals surface area contributed by atoms with Crippen molar-refractivity contribution in [3.63, 3.8) is 0 Å². The van der Waals surface area contributed by atoms with Gasteiger partial charge < -0.3 is 19.7 Å². The average molecular weight is 382 g/mol. The Morgan fingerprint density at radius 1 is 0.964 bits per heavy atom. The second-order valence-electron chi connectivity index (χ2n) is 6.86. The van der Waals surface area contributed by atoms with Crippen molar-refractivity contribution < 1.29 is 19.1 Å². The maximum atomic E-state index is 12.9. The first-order chi connectivity index (χ1) is 13.5. The molecule has 0 saturated carbocycles. The molecule has 0 radical (unpaired) electrons. The Morgan fingerprint density at radius 2 is 1.57 bits per heavy atom. The van der Waals surface area contributed by atoms with Gasteiger partial charge in [0.2, 0.25) is 0 Å². The summed E-state index contributed by atoms with van der Waals surface area (Å²) in [5.41, 5.74) is 2.23. The predicted molar refractivity (Wildman–Crippen MR) is 108 cm³/mol. The number of rotatable bonds is 5. The topological polar surface area (TPSA) is 67.9 Å². The van der Waals surface area contributed by atoms with Gasteiger partial charge in [0.25, 0.3) is 11.8 Å². The van der Waals surface area contributed by atoms with Crippen molar-refractivity contribution in [2.24, 2.45) is 0 Å². The van der Waals surface area contributed by atoms with E-state index >= 15 is 0 Å². The van der Waals surface area contributed by atoms with E-state index in [2.05, 4.69) is 5.32 Å². The van der Waals surface area contributed by atoms with Crippen LogP contribution >= 0.6 is 0 Å². The molecule has 0 unspecified atom stereocenters. The summed E-state index contributed by atoms with van der Waals surface area (Å²) in [6, 6.07) is 10.5. The Hall–Kier alpha value is -3.02. The molecule has 28 heavy (non-hydrogen) atoms. The Balaban J connectivity index is 1.86. The number of ether oxygens (including phenoxy) is 2. The number of likely N-dealkylation sites (tertiary alicyclic amines) is 1. The second kappa shape index (κ2) is 8.78. The molecule has 1 N–H and O–H groups in total. The van der Waals surface area contributed by atoms with Crippen LogP contribution in [0.2, 0.25) is 0 Å². The quantitative estimate of drug-likeness (QED) is 0.852. The third kappa shape index (κ3) is 4.11. The zero-order valence-electron chi connectivity index (χ0n) is 16.6. The van der Waals surface area contributed by atoms with Crippen LogP contribution in [0.15, 0.2) is 36.4 Å². The summed E-state index contributed by atoms with van der Waals surface area (Å²) in [4.78, 5) is 27.6. The van der Waals surface area contributed by atoms with E-state index in [9.17, 15) is 9.59 Å². The van der Waals surface area contributed by atoms with Gasteiger partial charge in [0, 0.05) is 24.2 Å². The molecular formula is C22H26N2O4. The first-order valence-corrected chi connectivity index (χ1v) is 9.47. The highest BCUT2D eigenvalue weighted by molar-refractivity contribution is 6.09. The second-order valence-corrected chi connectivity index (χ2v) is 6.86. The molecule has 1 aliphatic heterocycles. The number of nitrogens with one attached hydrogen (secondary N) is 1. The van der Waals surface area contributed by atoms with Crippen LogP contribution < -0.4 is 14.8 Å². The van der Waals surface area contributed by atoms with Gasteiger partial charge in [-0.1, -0.05) is 12.1 Å². The summed E-state index contributed by atoms with van der Waals surface area (Å²) < 4.78 is 10.7. The van der Waals surface area contributed by atoms with Crippen molar-refractivity contribution in [1.82, 2.24) is 4.90 Å². The smallest absolute Gasteiger partial charge is 0.255 e. The fourth-order valence-electron chi connectivity index (χ4n) is 3.46. The molecule has 1 aliphatic rings. The number of benzene rings is 2. The maximum Gasteiger partial charge on any atom is 0.255 e. The van der Waals surface area contributed by atoms with Crippen molar-refractivity contribution in [3.8, 4) is 11.5 Å². The van der Waals surface area contributed by atoms with Crippen LogP contribution in [0.5, 0.6) is 11.5 Å². The summed E-state index contributed by atoms with van der Waals surface area (Å²) >= 11 is 0. The number of piperidine rings is 1. The molecule has 0 aliphatic carbocycles. The first kappa shape index (κ1) is 19.7. The summed E-state index contributed by atoms with van der Waals surface area (Å²) in [7, 11) is 3.10. The number of hydrogen-bond donors (Lipinski definition) is 1. The van der Waals surface area contributed by atoms with E-state index in [1.54, 1.807) is 44.6 Å². The lowest BCUT2D eigenvalue weighted by atomic mass is 10.1.